The van der Waals surface area contributed by atoms with E-state index in [1.807, 2.05) is 30.6 Å². The lowest BCUT2D eigenvalue weighted by atomic mass is 9.76. The molecular formula is C40H54N2O14S3. The van der Waals surface area contributed by atoms with Crippen molar-refractivity contribution in [3.05, 3.63) is 83.6 Å². The van der Waals surface area contributed by atoms with Gasteiger partial charge in [-0.1, -0.05) is 24.6 Å². The molecule has 3 N–H and O–H groups in total. The molecule has 2 atom stereocenters. The highest BCUT2D eigenvalue weighted by Crippen LogP contribution is 2.51. The molecule has 19 heteroatoms. The standard InChI is InChI=1S/C40H54N2O14S3/c1-39(19-11-27-57(45,46)47)32-28-30(58(48,49)50)16-18-35(32)42(22-24-54-3)36(39)12-7-5-8-13-37-40(2,20-23-56-26-25-55-4)33-29-31(59(51,52)53)15-17-34(33)41(37)21-10-6-9-14-38(43)44/h5,7-8,12-13,15-18,28-29H,6,9-11,14,19-27H2,1-4H3,(H3-,43,44,45,46,47,48,49,50,51,52,53). The molecule has 2 aliphatic heterocycles. The van der Waals surface area contributed by atoms with Gasteiger partial charge in [0.15, 0.2) is 12.3 Å². The number of hydrogen-bond donors (Lipinski definition) is 3. The molecule has 0 aromatic heterocycles. The number of allylic oxidation sites excluding steroid dienone is 6. The van der Waals surface area contributed by atoms with E-state index < -0.39 is 52.9 Å². The summed E-state index contributed by atoms with van der Waals surface area (Å²) in [4.78, 5) is 12.5. The Balaban J connectivity index is 1.79. The molecule has 0 bridgehead atoms. The summed E-state index contributed by atoms with van der Waals surface area (Å²) in [6.07, 6.45) is 11.5. The van der Waals surface area contributed by atoms with E-state index in [1.54, 1.807) is 37.5 Å². The van der Waals surface area contributed by atoms with Crippen LogP contribution in [-0.4, -0.2) is 120 Å². The summed E-state index contributed by atoms with van der Waals surface area (Å²) >= 11 is 0. The fourth-order valence-electron chi connectivity index (χ4n) is 7.78. The zero-order chi connectivity index (χ0) is 43.6. The zero-order valence-electron chi connectivity index (χ0n) is 33.7. The number of anilines is 1. The molecule has 2 heterocycles. The van der Waals surface area contributed by atoms with Crippen LogP contribution in [-0.2, 0) is 60.2 Å². The van der Waals surface area contributed by atoms with Gasteiger partial charge in [0.1, 0.15) is 16.7 Å². The fraction of sp³-hybridized carbons (Fsp3) is 0.500. The van der Waals surface area contributed by atoms with Crippen LogP contribution in [0.25, 0.3) is 0 Å². The molecule has 59 heavy (non-hydrogen) atoms. The van der Waals surface area contributed by atoms with E-state index in [4.69, 9.17) is 19.3 Å². The number of benzene rings is 2. The van der Waals surface area contributed by atoms with Crippen LogP contribution in [0.15, 0.2) is 82.3 Å². The molecular weight excluding hydrogens is 829 g/mol. The Morgan fingerprint density at radius 2 is 1.51 bits per heavy atom. The third kappa shape index (κ3) is 12.2. The van der Waals surface area contributed by atoms with Crippen molar-refractivity contribution in [2.24, 2.45) is 0 Å². The van der Waals surface area contributed by atoms with Gasteiger partial charge in [-0.15, -0.1) is 0 Å². The second-order valence-corrected chi connectivity index (χ2v) is 19.3. The first-order valence-electron chi connectivity index (χ1n) is 19.1. The summed E-state index contributed by atoms with van der Waals surface area (Å²) in [7, 11) is -10.6. The summed E-state index contributed by atoms with van der Waals surface area (Å²) in [5.74, 6) is -1.40. The molecule has 16 nitrogen and oxygen atoms in total. The van der Waals surface area contributed by atoms with Gasteiger partial charge >= 0.3 is 5.97 Å². The van der Waals surface area contributed by atoms with E-state index in [9.17, 15) is 43.7 Å². The first-order chi connectivity index (χ1) is 27.7. The number of carbonyl (C=O) groups is 1. The summed E-state index contributed by atoms with van der Waals surface area (Å²) < 4.78 is 122. The molecule has 2 aromatic rings. The summed E-state index contributed by atoms with van der Waals surface area (Å²) in [6.45, 7) is 5.89. The average molecular weight is 883 g/mol. The fourth-order valence-corrected chi connectivity index (χ4v) is 9.29. The highest BCUT2D eigenvalue weighted by atomic mass is 32.2. The maximum absolute atomic E-state index is 12.2. The second-order valence-electron chi connectivity index (χ2n) is 14.9. The Kier molecular flexibility index (Phi) is 16.4. The van der Waals surface area contributed by atoms with Crippen molar-refractivity contribution in [3.63, 3.8) is 0 Å². The van der Waals surface area contributed by atoms with Gasteiger partial charge in [-0.05, 0) is 87.9 Å². The van der Waals surface area contributed by atoms with Gasteiger partial charge in [0, 0.05) is 68.3 Å². The molecule has 0 radical (unpaired) electrons. The quantitative estimate of drug-likeness (QED) is 0.0546. The summed E-state index contributed by atoms with van der Waals surface area (Å²) in [6, 6.07) is 8.55. The predicted molar refractivity (Wildman–Crippen MR) is 220 cm³/mol. The molecule has 0 spiro atoms. The summed E-state index contributed by atoms with van der Waals surface area (Å²) in [5.41, 5.74) is 2.20. The average Bonchev–Trinajstić information content (AvgIpc) is 3.51. The highest BCUT2D eigenvalue weighted by molar-refractivity contribution is 7.86. The molecule has 2 aliphatic rings. The molecule has 0 amide bonds. The Morgan fingerprint density at radius 1 is 0.814 bits per heavy atom. The summed E-state index contributed by atoms with van der Waals surface area (Å²) in [5, 5.41) is 9.14. The minimum Gasteiger partial charge on any atom is -0.744 e. The first kappa shape index (κ1) is 47.9. The molecule has 2 aromatic carbocycles. The van der Waals surface area contributed by atoms with Crippen LogP contribution in [0.1, 0.15) is 69.9 Å². The topological polar surface area (TPSA) is 237 Å². The Labute approximate surface area is 347 Å². The number of aliphatic carboxylic acids is 1. The number of rotatable bonds is 24. The van der Waals surface area contributed by atoms with Crippen LogP contribution < -0.4 is 4.90 Å². The first-order valence-corrected chi connectivity index (χ1v) is 23.6. The van der Waals surface area contributed by atoms with Gasteiger partial charge in [-0.25, -0.2) is 8.42 Å². The van der Waals surface area contributed by atoms with Gasteiger partial charge < -0.3 is 28.8 Å². The van der Waals surface area contributed by atoms with Crippen molar-refractivity contribution in [2.45, 2.75) is 79.4 Å². The molecule has 4 rings (SSSR count). The molecule has 2 unspecified atom stereocenters. The van der Waals surface area contributed by atoms with E-state index in [1.165, 1.54) is 31.4 Å². The van der Waals surface area contributed by atoms with Crippen molar-refractivity contribution in [2.75, 3.05) is 64.4 Å². The van der Waals surface area contributed by atoms with E-state index in [2.05, 4.69) is 4.90 Å². The van der Waals surface area contributed by atoms with Crippen molar-refractivity contribution >= 4 is 53.4 Å². The molecule has 0 saturated carbocycles. The van der Waals surface area contributed by atoms with E-state index >= 15 is 0 Å². The van der Waals surface area contributed by atoms with E-state index in [0.29, 0.717) is 80.2 Å². The molecule has 0 fully saturated rings. The predicted octanol–water partition coefficient (Wildman–Crippen LogP) is 4.98. The van der Waals surface area contributed by atoms with Crippen molar-refractivity contribution in [1.82, 2.24) is 0 Å². The molecule has 0 aliphatic carbocycles. The smallest absolute Gasteiger partial charge is 0.303 e. The van der Waals surface area contributed by atoms with Gasteiger partial charge in [0.2, 0.25) is 5.69 Å². The lowest BCUT2D eigenvalue weighted by Crippen LogP contribution is -2.32. The lowest BCUT2D eigenvalue weighted by molar-refractivity contribution is -0.441. The number of ether oxygens (including phenoxy) is 3. The SMILES string of the molecule is COCCOCCC1(C)\C(=C/C=C/C=C/C2=[N+](CCOC)c3ccc(S(=O)(=O)O)cc3C2(C)CCCS(=O)(=O)O)N(CCCCCC(=O)O)c2ccc(S(=O)(=O)[O-])cc21. The number of carboxylic acids is 1. The highest BCUT2D eigenvalue weighted by Gasteiger charge is 2.48. The minimum atomic E-state index is -4.78. The van der Waals surface area contributed by atoms with Gasteiger partial charge in [0.05, 0.1) is 34.2 Å². The molecule has 326 valence electrons. The number of carboxylic acid groups (broad SMARTS) is 1. The van der Waals surface area contributed by atoms with Crippen LogP contribution in [0, 0.1) is 0 Å². The van der Waals surface area contributed by atoms with Crippen molar-refractivity contribution < 1.29 is 67.6 Å². The third-order valence-electron chi connectivity index (χ3n) is 10.8. The van der Waals surface area contributed by atoms with E-state index in [-0.39, 0.29) is 42.3 Å². The minimum absolute atomic E-state index is 0.0316. The second kappa shape index (κ2) is 20.2. The maximum atomic E-state index is 12.2. The van der Waals surface area contributed by atoms with E-state index in [0.717, 1.165) is 5.70 Å². The zero-order valence-corrected chi connectivity index (χ0v) is 36.2. The Morgan fingerprint density at radius 3 is 2.15 bits per heavy atom. The van der Waals surface area contributed by atoms with Crippen molar-refractivity contribution in [1.29, 1.82) is 0 Å². The largest absolute Gasteiger partial charge is 0.744 e. The Bertz CT molecular complexity index is 2300. The van der Waals surface area contributed by atoms with Gasteiger partial charge in [-0.2, -0.15) is 21.4 Å². The van der Waals surface area contributed by atoms with Gasteiger partial charge in [0.25, 0.3) is 20.2 Å². The van der Waals surface area contributed by atoms with Crippen LogP contribution in [0.5, 0.6) is 0 Å². The molecule has 0 saturated heterocycles. The number of methoxy groups -OCH3 is 2. The number of fused-ring (bicyclic) bond motifs is 2. The maximum Gasteiger partial charge on any atom is 0.303 e. The third-order valence-corrected chi connectivity index (χ3v) is 13.3. The Hall–Kier alpha value is -3.79. The monoisotopic (exact) mass is 882 g/mol. The normalized spacial score (nSPS) is 20.4. The van der Waals surface area contributed by atoms with Gasteiger partial charge in [-0.3, -0.25) is 13.9 Å². The number of nitrogens with zero attached hydrogens (tertiary/aromatic N) is 2. The number of hydrogen-bond acceptors (Lipinski definition) is 12. The van der Waals surface area contributed by atoms with Crippen LogP contribution in [0.3, 0.4) is 0 Å². The lowest BCUT2D eigenvalue weighted by Gasteiger charge is -2.30. The number of unbranched alkanes of at least 4 members (excludes halogenated alkanes) is 2. The van der Waals surface area contributed by atoms with Crippen LogP contribution in [0.4, 0.5) is 11.4 Å². The van der Waals surface area contributed by atoms with Crippen LogP contribution >= 0.6 is 0 Å². The van der Waals surface area contributed by atoms with Crippen molar-refractivity contribution in [3.8, 4) is 0 Å². The van der Waals surface area contributed by atoms with Crippen LogP contribution in [0.2, 0.25) is 0 Å².